The van der Waals surface area contributed by atoms with Crippen molar-refractivity contribution in [1.82, 2.24) is 10.3 Å². The number of aromatic nitrogens is 1. The van der Waals surface area contributed by atoms with E-state index in [1.165, 1.54) is 48.7 Å². The number of rotatable bonds is 11. The second kappa shape index (κ2) is 11.4. The van der Waals surface area contributed by atoms with E-state index in [4.69, 9.17) is 9.47 Å². The van der Waals surface area contributed by atoms with Gasteiger partial charge in [-0.1, -0.05) is 0 Å². The van der Waals surface area contributed by atoms with E-state index in [-0.39, 0.29) is 34.6 Å². The molecule has 1 amide bonds. The number of benzene rings is 2. The van der Waals surface area contributed by atoms with Gasteiger partial charge in [-0.2, -0.15) is 0 Å². The lowest BCUT2D eigenvalue weighted by atomic mass is 10.1. The van der Waals surface area contributed by atoms with Crippen LogP contribution in [0.25, 0.3) is 10.9 Å². The molecule has 0 aliphatic carbocycles. The Morgan fingerprint density at radius 2 is 1.74 bits per heavy atom. The molecular weight excluding hydrogens is 477 g/mol. The van der Waals surface area contributed by atoms with Crippen molar-refractivity contribution in [1.29, 1.82) is 0 Å². The van der Waals surface area contributed by atoms with E-state index < -0.39 is 33.5 Å². The van der Waals surface area contributed by atoms with Crippen LogP contribution in [0.15, 0.2) is 58.4 Å². The van der Waals surface area contributed by atoms with Crippen molar-refractivity contribution in [2.45, 2.75) is 32.0 Å². The zero-order valence-electron chi connectivity index (χ0n) is 19.7. The van der Waals surface area contributed by atoms with Gasteiger partial charge in [0.05, 0.1) is 17.1 Å². The van der Waals surface area contributed by atoms with Crippen molar-refractivity contribution < 1.29 is 27.1 Å². The van der Waals surface area contributed by atoms with E-state index in [0.717, 1.165) is 4.31 Å². The first-order valence-electron chi connectivity index (χ1n) is 11.2. The van der Waals surface area contributed by atoms with Crippen LogP contribution in [-0.2, 0) is 19.5 Å². The van der Waals surface area contributed by atoms with Crippen LogP contribution in [0.3, 0.4) is 0 Å². The topological polar surface area (TPSA) is 118 Å². The van der Waals surface area contributed by atoms with Gasteiger partial charge in [-0.15, -0.1) is 0 Å². The minimum atomic E-state index is -4.07. The molecule has 0 aliphatic heterocycles. The van der Waals surface area contributed by atoms with E-state index >= 15 is 0 Å². The Kier molecular flexibility index (Phi) is 8.60. The number of amides is 1. The second-order valence-corrected chi connectivity index (χ2v) is 9.30. The molecule has 0 aliphatic rings. The number of nitrogens with one attached hydrogen (secondary N) is 2. The fourth-order valence-electron chi connectivity index (χ4n) is 3.56. The Labute approximate surface area is 202 Å². The molecule has 1 heterocycles. The maximum Gasteiger partial charge on any atom is 0.264 e. The third-order valence-electron chi connectivity index (χ3n) is 5.22. The average Bonchev–Trinajstić information content (AvgIpc) is 2.84. The minimum Gasteiger partial charge on any atom is -0.360 e. The summed E-state index contributed by atoms with van der Waals surface area (Å²) in [6.07, 6.45) is 0.623. The van der Waals surface area contributed by atoms with Crippen molar-refractivity contribution in [3.05, 3.63) is 70.3 Å². The van der Waals surface area contributed by atoms with Crippen LogP contribution >= 0.6 is 0 Å². The van der Waals surface area contributed by atoms with Gasteiger partial charge in [0, 0.05) is 36.9 Å². The van der Waals surface area contributed by atoms with Crippen molar-refractivity contribution in [2.24, 2.45) is 0 Å². The molecule has 3 aromatic rings. The molecule has 0 saturated carbocycles. The third-order valence-corrected chi connectivity index (χ3v) is 7.12. The molecule has 0 fully saturated rings. The standard InChI is InChI=1S/C24H28FN3O6S/c1-4-28(17-9-7-16(25)8-10-17)35(31,32)18-11-12-21-19(13-18)23(29)20(14-26-21)24(30)27-15-22(33-5-2)34-6-3/h7-14,22H,4-6,15H2,1-3H3,(H,26,29)(H,27,30). The number of carbonyl (C=O) groups is 1. The number of anilines is 1. The number of H-pyrrole nitrogens is 1. The van der Waals surface area contributed by atoms with Gasteiger partial charge >= 0.3 is 0 Å². The van der Waals surface area contributed by atoms with Gasteiger partial charge in [0.1, 0.15) is 11.4 Å². The Bertz CT molecular complexity index is 1340. The lowest BCUT2D eigenvalue weighted by Gasteiger charge is -2.23. The first kappa shape index (κ1) is 26.3. The molecule has 0 saturated heterocycles. The second-order valence-electron chi connectivity index (χ2n) is 7.44. The number of fused-ring (bicyclic) bond motifs is 1. The molecule has 0 bridgehead atoms. The first-order chi connectivity index (χ1) is 16.7. The Hall–Kier alpha value is -3.28. The fourth-order valence-corrected chi connectivity index (χ4v) is 5.06. The van der Waals surface area contributed by atoms with E-state index in [0.29, 0.717) is 18.7 Å². The molecule has 0 atom stereocenters. The number of sulfonamides is 1. The van der Waals surface area contributed by atoms with Crippen molar-refractivity contribution in [2.75, 3.05) is 30.6 Å². The molecule has 2 aromatic carbocycles. The summed E-state index contributed by atoms with van der Waals surface area (Å²) < 4.78 is 51.9. The summed E-state index contributed by atoms with van der Waals surface area (Å²) >= 11 is 0. The highest BCUT2D eigenvalue weighted by Gasteiger charge is 2.25. The van der Waals surface area contributed by atoms with Gasteiger partial charge in [-0.05, 0) is 63.2 Å². The van der Waals surface area contributed by atoms with E-state index in [9.17, 15) is 22.4 Å². The molecule has 0 unspecified atom stereocenters. The van der Waals surface area contributed by atoms with Crippen LogP contribution in [0.4, 0.5) is 10.1 Å². The van der Waals surface area contributed by atoms with Crippen LogP contribution in [0.5, 0.6) is 0 Å². The monoisotopic (exact) mass is 505 g/mol. The van der Waals surface area contributed by atoms with Crippen molar-refractivity contribution >= 4 is 32.5 Å². The molecular formula is C24H28FN3O6S. The smallest absolute Gasteiger partial charge is 0.264 e. The Morgan fingerprint density at radius 1 is 1.09 bits per heavy atom. The molecule has 1 aromatic heterocycles. The molecule has 0 spiro atoms. The minimum absolute atomic E-state index is 0.0372. The predicted molar refractivity (Wildman–Crippen MR) is 131 cm³/mol. The Balaban J connectivity index is 1.94. The predicted octanol–water partition coefficient (Wildman–Crippen LogP) is 3.01. The summed E-state index contributed by atoms with van der Waals surface area (Å²) in [7, 11) is -4.07. The fraction of sp³-hybridized carbons (Fsp3) is 0.333. The van der Waals surface area contributed by atoms with Gasteiger partial charge in [0.25, 0.3) is 15.9 Å². The molecule has 2 N–H and O–H groups in total. The highest BCUT2D eigenvalue weighted by atomic mass is 32.2. The number of nitrogens with zero attached hydrogens (tertiary/aromatic N) is 1. The molecule has 11 heteroatoms. The lowest BCUT2D eigenvalue weighted by molar-refractivity contribution is -0.131. The quantitative estimate of drug-likeness (QED) is 0.387. The van der Waals surface area contributed by atoms with Crippen LogP contribution in [0.1, 0.15) is 31.1 Å². The number of aromatic amines is 1. The molecule has 9 nitrogen and oxygen atoms in total. The molecule has 3 rings (SSSR count). The van der Waals surface area contributed by atoms with E-state index in [1.54, 1.807) is 20.8 Å². The number of hydrogen-bond donors (Lipinski definition) is 2. The third kappa shape index (κ3) is 5.87. The number of pyridine rings is 1. The maximum absolute atomic E-state index is 13.3. The van der Waals surface area contributed by atoms with Gasteiger partial charge in [-0.25, -0.2) is 12.8 Å². The normalized spacial score (nSPS) is 11.7. The first-order valence-corrected chi connectivity index (χ1v) is 12.6. The number of halogens is 1. The van der Waals surface area contributed by atoms with Crippen LogP contribution < -0.4 is 15.1 Å². The lowest BCUT2D eigenvalue weighted by Crippen LogP contribution is -2.37. The average molecular weight is 506 g/mol. The van der Waals surface area contributed by atoms with Gasteiger partial charge in [-0.3, -0.25) is 13.9 Å². The van der Waals surface area contributed by atoms with Crippen molar-refractivity contribution in [3.63, 3.8) is 0 Å². The SMILES string of the molecule is CCOC(CNC(=O)c1c[nH]c2ccc(S(=O)(=O)N(CC)c3ccc(F)cc3)cc2c1=O)OCC. The van der Waals surface area contributed by atoms with Crippen molar-refractivity contribution in [3.8, 4) is 0 Å². The summed E-state index contributed by atoms with van der Waals surface area (Å²) in [5, 5.41) is 2.65. The maximum atomic E-state index is 13.3. The summed E-state index contributed by atoms with van der Waals surface area (Å²) in [6, 6.07) is 9.14. The molecule has 188 valence electrons. The summed E-state index contributed by atoms with van der Waals surface area (Å²) in [6.45, 7) is 6.14. The van der Waals surface area contributed by atoms with Gasteiger partial charge in [0.2, 0.25) is 5.43 Å². The van der Waals surface area contributed by atoms with Crippen LogP contribution in [-0.4, -0.2) is 51.9 Å². The van der Waals surface area contributed by atoms with Gasteiger partial charge < -0.3 is 19.8 Å². The van der Waals surface area contributed by atoms with Crippen LogP contribution in [0.2, 0.25) is 0 Å². The summed E-state index contributed by atoms with van der Waals surface area (Å²) in [5.41, 5.74) is -0.141. The summed E-state index contributed by atoms with van der Waals surface area (Å²) in [4.78, 5) is 28.5. The van der Waals surface area contributed by atoms with Gasteiger partial charge in [0.15, 0.2) is 6.29 Å². The number of carbonyl (C=O) groups excluding carboxylic acids is 1. The van der Waals surface area contributed by atoms with E-state index in [2.05, 4.69) is 10.3 Å². The zero-order valence-corrected chi connectivity index (χ0v) is 20.5. The summed E-state index contributed by atoms with van der Waals surface area (Å²) in [5.74, 6) is -1.13. The Morgan fingerprint density at radius 3 is 2.34 bits per heavy atom. The van der Waals surface area contributed by atoms with Crippen LogP contribution in [0, 0.1) is 5.82 Å². The zero-order chi connectivity index (χ0) is 25.6. The number of hydrogen-bond acceptors (Lipinski definition) is 6. The van der Waals surface area contributed by atoms with E-state index in [1.807, 2.05) is 0 Å². The number of ether oxygens (including phenoxy) is 2. The molecule has 0 radical (unpaired) electrons. The molecule has 35 heavy (non-hydrogen) atoms. The largest absolute Gasteiger partial charge is 0.360 e. The highest BCUT2D eigenvalue weighted by molar-refractivity contribution is 7.92. The highest BCUT2D eigenvalue weighted by Crippen LogP contribution is 2.25.